The van der Waals surface area contributed by atoms with Crippen LogP contribution in [-0.4, -0.2) is 59.1 Å². The lowest BCUT2D eigenvalue weighted by Gasteiger charge is -2.36. The molecule has 0 saturated carbocycles. The molecule has 4 unspecified atom stereocenters. The van der Waals surface area contributed by atoms with Crippen molar-refractivity contribution in [1.82, 2.24) is 10.2 Å². The molecule has 2 aliphatic heterocycles. The van der Waals surface area contributed by atoms with Crippen molar-refractivity contribution in [3.8, 4) is 0 Å². The molecule has 2 amide bonds. The number of allylic oxidation sites excluding steroid dienone is 2. The first-order valence-corrected chi connectivity index (χ1v) is 15.7. The summed E-state index contributed by atoms with van der Waals surface area (Å²) in [4.78, 5) is 55.4. The van der Waals surface area contributed by atoms with E-state index in [0.717, 1.165) is 22.3 Å². The summed E-state index contributed by atoms with van der Waals surface area (Å²) in [5.74, 6) is -3.30. The first-order chi connectivity index (χ1) is 22.4. The summed E-state index contributed by atoms with van der Waals surface area (Å²) in [6.45, 7) is -0.264. The summed E-state index contributed by atoms with van der Waals surface area (Å²) in [6.07, 6.45) is 5.11. The summed E-state index contributed by atoms with van der Waals surface area (Å²) in [7, 11) is 0. The van der Waals surface area contributed by atoms with Crippen molar-refractivity contribution in [2.24, 2.45) is 11.8 Å². The maximum Gasteiger partial charge on any atom is 0.332 e. The average Bonchev–Trinajstić information content (AvgIpc) is 3.09. The van der Waals surface area contributed by atoms with Crippen LogP contribution in [0.3, 0.4) is 0 Å². The molecular weight excluding hydrogens is 584 g/mol. The van der Waals surface area contributed by atoms with Crippen LogP contribution in [0.15, 0.2) is 97.1 Å². The van der Waals surface area contributed by atoms with Gasteiger partial charge < -0.3 is 24.8 Å². The molecule has 5 rings (SSSR count). The fourth-order valence-electron chi connectivity index (χ4n) is 5.91. The highest BCUT2D eigenvalue weighted by molar-refractivity contribution is 5.89. The van der Waals surface area contributed by atoms with Crippen LogP contribution < -0.4 is 5.32 Å². The Kier molecular flexibility index (Phi) is 11.3. The topological polar surface area (TPSA) is 122 Å². The van der Waals surface area contributed by atoms with Gasteiger partial charge in [0.25, 0.3) is 0 Å². The van der Waals surface area contributed by atoms with Crippen molar-refractivity contribution in [2.75, 3.05) is 13.2 Å². The molecule has 0 spiro atoms. The summed E-state index contributed by atoms with van der Waals surface area (Å²) < 4.78 is 11.1. The molecule has 2 heterocycles. The van der Waals surface area contributed by atoms with Crippen LogP contribution in [0.4, 0.5) is 0 Å². The van der Waals surface area contributed by atoms with Crippen molar-refractivity contribution in [3.05, 3.63) is 119 Å². The van der Waals surface area contributed by atoms with E-state index < -0.39 is 48.4 Å². The van der Waals surface area contributed by atoms with Gasteiger partial charge in [0, 0.05) is 13.0 Å². The number of carbonyl (C=O) groups is 4. The fraction of sp³-hybridized carbons (Fsp3) is 0.351. The number of esters is 2. The Labute approximate surface area is 269 Å². The van der Waals surface area contributed by atoms with E-state index in [1.807, 2.05) is 97.1 Å². The summed E-state index contributed by atoms with van der Waals surface area (Å²) in [5.41, 5.74) is 3.84. The Hall–Kier alpha value is -4.76. The van der Waals surface area contributed by atoms with E-state index in [1.165, 1.54) is 0 Å². The highest BCUT2D eigenvalue weighted by atomic mass is 16.6. The van der Waals surface area contributed by atoms with Crippen LogP contribution in [0.25, 0.3) is 0 Å². The largest absolute Gasteiger partial charge is 0.463 e. The highest BCUT2D eigenvalue weighted by Crippen LogP contribution is 2.26. The predicted octanol–water partition coefficient (Wildman–Crippen LogP) is 3.92. The fourth-order valence-corrected chi connectivity index (χ4v) is 5.91. The molecule has 0 fully saturated rings. The first-order valence-electron chi connectivity index (χ1n) is 15.7. The molecule has 9 heteroatoms. The average molecular weight is 625 g/mol. The van der Waals surface area contributed by atoms with Crippen molar-refractivity contribution in [3.63, 3.8) is 0 Å². The standard InChI is InChI=1S/C37H40N2O7/c40-23-32-20-28-15-7-10-18-31(28)22-39(32)34(41)21-29-16-8-9-17-30(19-26-11-3-1-4-12-26)36(43)46-25-33(38-35(29)42)37(44)45-24-27-13-5-2-6-14-27/h1-15,18,29-30,32-33,40H,16-17,19-25H2,(H,38,42). The maximum absolute atomic E-state index is 13.7. The number of ether oxygens (including phenoxy) is 2. The van der Waals surface area contributed by atoms with Gasteiger partial charge in [0.1, 0.15) is 13.2 Å². The third-order valence-electron chi connectivity index (χ3n) is 8.56. The monoisotopic (exact) mass is 624 g/mol. The Bertz CT molecular complexity index is 1520. The van der Waals surface area contributed by atoms with Crippen LogP contribution in [-0.2, 0) is 54.6 Å². The van der Waals surface area contributed by atoms with Gasteiger partial charge in [0.05, 0.1) is 24.5 Å². The van der Waals surface area contributed by atoms with Crippen LogP contribution in [0.1, 0.15) is 41.5 Å². The number of aliphatic hydroxyl groups excluding tert-OH is 1. The van der Waals surface area contributed by atoms with E-state index >= 15 is 0 Å². The molecular formula is C37H40N2O7. The molecule has 46 heavy (non-hydrogen) atoms. The molecule has 3 aromatic carbocycles. The second-order valence-electron chi connectivity index (χ2n) is 11.8. The Morgan fingerprint density at radius 1 is 0.848 bits per heavy atom. The zero-order chi connectivity index (χ0) is 32.3. The number of fused-ring (bicyclic) bond motifs is 1. The number of hydrogen-bond acceptors (Lipinski definition) is 7. The van der Waals surface area contributed by atoms with Crippen LogP contribution >= 0.6 is 0 Å². The third kappa shape index (κ3) is 8.69. The van der Waals surface area contributed by atoms with Gasteiger partial charge in [-0.25, -0.2) is 4.79 Å². The minimum Gasteiger partial charge on any atom is -0.463 e. The van der Waals surface area contributed by atoms with E-state index in [4.69, 9.17) is 9.47 Å². The molecule has 0 aliphatic carbocycles. The van der Waals surface area contributed by atoms with Gasteiger partial charge in [-0.05, 0) is 47.9 Å². The number of benzene rings is 3. The minimum absolute atomic E-state index is 0.0136. The van der Waals surface area contributed by atoms with Crippen LogP contribution in [0, 0.1) is 11.8 Å². The second-order valence-corrected chi connectivity index (χ2v) is 11.8. The molecule has 3 aromatic rings. The Balaban J connectivity index is 1.34. The van der Waals surface area contributed by atoms with Crippen molar-refractivity contribution < 1.29 is 33.8 Å². The van der Waals surface area contributed by atoms with E-state index in [2.05, 4.69) is 5.32 Å². The number of hydrogen-bond donors (Lipinski definition) is 2. The predicted molar refractivity (Wildman–Crippen MR) is 171 cm³/mol. The first kappa shape index (κ1) is 32.6. The van der Waals surface area contributed by atoms with E-state index in [9.17, 15) is 24.3 Å². The van der Waals surface area contributed by atoms with E-state index in [1.54, 1.807) is 4.90 Å². The summed E-state index contributed by atoms with van der Waals surface area (Å²) in [6, 6.07) is 24.9. The molecule has 0 aromatic heterocycles. The number of rotatable bonds is 8. The van der Waals surface area contributed by atoms with Gasteiger partial charge in [0.2, 0.25) is 11.8 Å². The zero-order valence-electron chi connectivity index (χ0n) is 25.8. The van der Waals surface area contributed by atoms with Gasteiger partial charge in [-0.1, -0.05) is 97.1 Å². The SMILES string of the molecule is O=C1NC(C(=O)OCc2ccccc2)COC(=O)C(Cc2ccccc2)CC=CCC1CC(=O)N1Cc2ccccc2CC1CO. The number of nitrogens with one attached hydrogen (secondary N) is 1. The van der Waals surface area contributed by atoms with E-state index in [-0.39, 0.29) is 32.0 Å². The van der Waals surface area contributed by atoms with E-state index in [0.29, 0.717) is 25.8 Å². The highest BCUT2D eigenvalue weighted by Gasteiger charge is 2.34. The van der Waals surface area contributed by atoms with Gasteiger partial charge in [0.15, 0.2) is 6.04 Å². The summed E-state index contributed by atoms with van der Waals surface area (Å²) in [5, 5.41) is 12.8. The molecule has 9 nitrogen and oxygen atoms in total. The Morgan fingerprint density at radius 3 is 2.17 bits per heavy atom. The molecule has 0 saturated heterocycles. The Morgan fingerprint density at radius 2 is 1.48 bits per heavy atom. The van der Waals surface area contributed by atoms with Crippen LogP contribution in [0.2, 0.25) is 0 Å². The van der Waals surface area contributed by atoms with Crippen molar-refractivity contribution >= 4 is 23.8 Å². The maximum atomic E-state index is 13.7. The lowest BCUT2D eigenvalue weighted by molar-refractivity contribution is -0.157. The zero-order valence-corrected chi connectivity index (χ0v) is 25.8. The number of amides is 2. The lowest BCUT2D eigenvalue weighted by atomic mass is 9.92. The number of nitrogens with zero attached hydrogens (tertiary/aromatic N) is 1. The number of cyclic esters (lactones) is 1. The number of carbonyl (C=O) groups excluding carboxylic acids is 4. The van der Waals surface area contributed by atoms with Gasteiger partial charge in [-0.2, -0.15) is 0 Å². The van der Waals surface area contributed by atoms with Crippen molar-refractivity contribution in [2.45, 2.75) is 57.3 Å². The quantitative estimate of drug-likeness (QED) is 0.288. The van der Waals surface area contributed by atoms with Crippen LogP contribution in [0.5, 0.6) is 0 Å². The smallest absolute Gasteiger partial charge is 0.332 e. The molecule has 0 radical (unpaired) electrons. The number of aliphatic hydroxyl groups is 1. The van der Waals surface area contributed by atoms with Crippen molar-refractivity contribution in [1.29, 1.82) is 0 Å². The van der Waals surface area contributed by atoms with Gasteiger partial charge >= 0.3 is 11.9 Å². The minimum atomic E-state index is -1.26. The summed E-state index contributed by atoms with van der Waals surface area (Å²) >= 11 is 0. The molecule has 4 atom stereocenters. The molecule has 2 N–H and O–H groups in total. The molecule has 2 aliphatic rings. The molecule has 0 bridgehead atoms. The second kappa shape index (κ2) is 16.0. The normalized spacial score (nSPS) is 22.0. The molecule has 240 valence electrons. The van der Waals surface area contributed by atoms with Gasteiger partial charge in [-0.3, -0.25) is 14.4 Å². The lowest BCUT2D eigenvalue weighted by Crippen LogP contribution is -2.50. The van der Waals surface area contributed by atoms with Gasteiger partial charge in [-0.15, -0.1) is 0 Å². The third-order valence-corrected chi connectivity index (χ3v) is 8.56.